The van der Waals surface area contributed by atoms with Gasteiger partial charge in [-0.3, -0.25) is 9.63 Å². The van der Waals surface area contributed by atoms with Crippen molar-refractivity contribution in [1.29, 1.82) is 0 Å². The van der Waals surface area contributed by atoms with E-state index < -0.39 is 0 Å². The Labute approximate surface area is 98.9 Å². The summed E-state index contributed by atoms with van der Waals surface area (Å²) in [4.78, 5) is 16.5. The largest absolute Gasteiger partial charge is 0.330 e. The Kier molecular flexibility index (Phi) is 8.21. The van der Waals surface area contributed by atoms with E-state index in [2.05, 4.69) is 5.48 Å². The fraction of sp³-hybridized carbons (Fsp3) is 0.917. The minimum atomic E-state index is -0.323. The number of amides is 1. The third-order valence-corrected chi connectivity index (χ3v) is 2.08. The monoisotopic (exact) mass is 230 g/mol. The quantitative estimate of drug-likeness (QED) is 0.496. The van der Waals surface area contributed by atoms with Crippen LogP contribution in [0, 0.1) is 0 Å². The summed E-state index contributed by atoms with van der Waals surface area (Å²) in [7, 11) is 0. The predicted octanol–water partition coefficient (Wildman–Crippen LogP) is 2.13. The number of rotatable bonds is 8. The number of hydrogen-bond donors (Lipinski definition) is 2. The molecule has 0 aliphatic carbocycles. The van der Waals surface area contributed by atoms with Crippen LogP contribution in [0.4, 0.5) is 0 Å². The lowest BCUT2D eigenvalue weighted by Crippen LogP contribution is -2.33. The van der Waals surface area contributed by atoms with Gasteiger partial charge in [0.1, 0.15) is 0 Å². The number of nitrogens with one attached hydrogen (secondary N) is 1. The third-order valence-electron chi connectivity index (χ3n) is 2.08. The lowest BCUT2D eigenvalue weighted by atomic mass is 10.1. The topological polar surface area (TPSA) is 64.3 Å². The fourth-order valence-electron chi connectivity index (χ4n) is 1.22. The van der Waals surface area contributed by atoms with Crippen LogP contribution in [0.15, 0.2) is 0 Å². The molecular weight excluding hydrogens is 204 g/mol. The van der Waals surface area contributed by atoms with E-state index in [1.165, 1.54) is 0 Å². The van der Waals surface area contributed by atoms with Gasteiger partial charge in [-0.05, 0) is 40.2 Å². The summed E-state index contributed by atoms with van der Waals surface area (Å²) >= 11 is 0. The highest BCUT2D eigenvalue weighted by atomic mass is 16.7. The van der Waals surface area contributed by atoms with Gasteiger partial charge in [-0.25, -0.2) is 5.48 Å². The third kappa shape index (κ3) is 11.5. The molecule has 0 aliphatic heterocycles. The maximum absolute atomic E-state index is 11.3. The van der Waals surface area contributed by atoms with Crippen LogP contribution in [-0.4, -0.2) is 18.1 Å². The maximum Gasteiger partial charge on any atom is 0.243 e. The van der Waals surface area contributed by atoms with Crippen LogP contribution < -0.4 is 11.2 Å². The summed E-state index contributed by atoms with van der Waals surface area (Å²) < 4.78 is 0. The summed E-state index contributed by atoms with van der Waals surface area (Å²) in [6, 6.07) is 0. The van der Waals surface area contributed by atoms with Gasteiger partial charge in [-0.1, -0.05) is 19.3 Å². The van der Waals surface area contributed by atoms with E-state index in [1.807, 2.05) is 20.8 Å². The van der Waals surface area contributed by atoms with Crippen molar-refractivity contribution in [1.82, 2.24) is 5.48 Å². The molecule has 0 aliphatic rings. The zero-order valence-electron chi connectivity index (χ0n) is 10.8. The average Bonchev–Trinajstić information content (AvgIpc) is 2.19. The Balaban J connectivity index is 3.31. The number of nitrogens with two attached hydrogens (primary N) is 1. The highest BCUT2D eigenvalue weighted by molar-refractivity contribution is 5.74. The predicted molar refractivity (Wildman–Crippen MR) is 65.7 cm³/mol. The molecule has 0 rings (SSSR count). The van der Waals surface area contributed by atoms with Gasteiger partial charge < -0.3 is 5.73 Å². The smallest absolute Gasteiger partial charge is 0.243 e. The van der Waals surface area contributed by atoms with E-state index in [0.717, 1.165) is 38.6 Å². The highest BCUT2D eigenvalue weighted by Crippen LogP contribution is 2.06. The van der Waals surface area contributed by atoms with E-state index >= 15 is 0 Å². The molecule has 0 fully saturated rings. The van der Waals surface area contributed by atoms with Crippen molar-refractivity contribution in [2.45, 2.75) is 64.9 Å². The molecule has 0 unspecified atom stereocenters. The van der Waals surface area contributed by atoms with Crippen LogP contribution in [0.1, 0.15) is 59.3 Å². The minimum Gasteiger partial charge on any atom is -0.330 e. The van der Waals surface area contributed by atoms with Gasteiger partial charge in [0.2, 0.25) is 5.91 Å². The van der Waals surface area contributed by atoms with E-state index in [1.54, 1.807) is 0 Å². The van der Waals surface area contributed by atoms with Crippen LogP contribution in [0.5, 0.6) is 0 Å². The normalized spacial score (nSPS) is 11.5. The van der Waals surface area contributed by atoms with Crippen LogP contribution in [0.2, 0.25) is 0 Å². The summed E-state index contributed by atoms with van der Waals surface area (Å²) in [6.07, 6.45) is 5.95. The molecule has 0 aromatic rings. The molecule has 0 heterocycles. The summed E-state index contributed by atoms with van der Waals surface area (Å²) in [5.41, 5.74) is 7.53. The first-order chi connectivity index (χ1) is 7.45. The minimum absolute atomic E-state index is 0.0336. The van der Waals surface area contributed by atoms with Gasteiger partial charge in [0.15, 0.2) is 0 Å². The molecule has 16 heavy (non-hydrogen) atoms. The zero-order valence-corrected chi connectivity index (χ0v) is 10.8. The second-order valence-electron chi connectivity index (χ2n) is 5.05. The van der Waals surface area contributed by atoms with Crippen molar-refractivity contribution in [3.8, 4) is 0 Å². The average molecular weight is 230 g/mol. The van der Waals surface area contributed by atoms with Gasteiger partial charge in [0.25, 0.3) is 0 Å². The van der Waals surface area contributed by atoms with Gasteiger partial charge in [-0.15, -0.1) is 0 Å². The highest BCUT2D eigenvalue weighted by Gasteiger charge is 2.12. The number of hydroxylamine groups is 1. The number of unbranched alkanes of at least 4 members (excludes halogenated alkanes) is 4. The second-order valence-corrected chi connectivity index (χ2v) is 5.05. The van der Waals surface area contributed by atoms with E-state index in [9.17, 15) is 4.79 Å². The number of hydrogen-bond acceptors (Lipinski definition) is 3. The standard InChI is InChI=1S/C12H26N2O2/c1-12(2,3)16-14-11(15)9-7-5-4-6-8-10-13/h4-10,13H2,1-3H3,(H,14,15). The van der Waals surface area contributed by atoms with Gasteiger partial charge in [-0.2, -0.15) is 0 Å². The van der Waals surface area contributed by atoms with Crippen LogP contribution in [0.25, 0.3) is 0 Å². The first kappa shape index (κ1) is 15.4. The van der Waals surface area contributed by atoms with Crippen LogP contribution in [-0.2, 0) is 9.63 Å². The van der Waals surface area contributed by atoms with Gasteiger partial charge >= 0.3 is 0 Å². The van der Waals surface area contributed by atoms with Crippen LogP contribution >= 0.6 is 0 Å². The molecule has 1 amide bonds. The molecule has 0 bridgehead atoms. The summed E-state index contributed by atoms with van der Waals surface area (Å²) in [5, 5.41) is 0. The van der Waals surface area contributed by atoms with E-state index in [-0.39, 0.29) is 11.5 Å². The van der Waals surface area contributed by atoms with Crippen molar-refractivity contribution < 1.29 is 9.63 Å². The van der Waals surface area contributed by atoms with Crippen molar-refractivity contribution >= 4 is 5.91 Å². The lowest BCUT2D eigenvalue weighted by molar-refractivity contribution is -0.145. The first-order valence-electron chi connectivity index (χ1n) is 6.12. The Hall–Kier alpha value is -0.610. The first-order valence-corrected chi connectivity index (χ1v) is 6.12. The van der Waals surface area contributed by atoms with Crippen LogP contribution in [0.3, 0.4) is 0 Å². The van der Waals surface area contributed by atoms with E-state index in [4.69, 9.17) is 10.6 Å². The number of carbonyl (C=O) groups excluding carboxylic acids is 1. The van der Waals surface area contributed by atoms with Crippen molar-refractivity contribution in [3.63, 3.8) is 0 Å². The Bertz CT molecular complexity index is 188. The summed E-state index contributed by atoms with van der Waals surface area (Å²) in [6.45, 7) is 6.47. The van der Waals surface area contributed by atoms with Crippen molar-refractivity contribution in [2.24, 2.45) is 5.73 Å². The maximum atomic E-state index is 11.3. The van der Waals surface area contributed by atoms with E-state index in [0.29, 0.717) is 6.42 Å². The molecule has 0 aromatic heterocycles. The molecule has 0 spiro atoms. The molecule has 4 heteroatoms. The molecule has 0 saturated heterocycles. The van der Waals surface area contributed by atoms with Crippen molar-refractivity contribution in [2.75, 3.05) is 6.54 Å². The Morgan fingerprint density at radius 3 is 2.25 bits per heavy atom. The second kappa shape index (κ2) is 8.53. The molecule has 0 atom stereocenters. The Morgan fingerprint density at radius 2 is 1.69 bits per heavy atom. The number of carbonyl (C=O) groups is 1. The van der Waals surface area contributed by atoms with Gasteiger partial charge in [0, 0.05) is 6.42 Å². The fourth-order valence-corrected chi connectivity index (χ4v) is 1.22. The molecule has 0 saturated carbocycles. The lowest BCUT2D eigenvalue weighted by Gasteiger charge is -2.18. The molecule has 96 valence electrons. The molecule has 4 nitrogen and oxygen atoms in total. The molecule has 3 N–H and O–H groups in total. The SMILES string of the molecule is CC(C)(C)ONC(=O)CCCCCCCN. The summed E-state index contributed by atoms with van der Waals surface area (Å²) in [5.74, 6) is -0.0336. The molecular formula is C12H26N2O2. The Morgan fingerprint density at radius 1 is 1.12 bits per heavy atom. The molecule has 0 aromatic carbocycles. The zero-order chi connectivity index (χ0) is 12.4. The van der Waals surface area contributed by atoms with Gasteiger partial charge in [0.05, 0.1) is 5.60 Å². The van der Waals surface area contributed by atoms with Crippen molar-refractivity contribution in [3.05, 3.63) is 0 Å². The molecule has 0 radical (unpaired) electrons.